The second-order valence-corrected chi connectivity index (χ2v) is 10.2. The highest BCUT2D eigenvalue weighted by atomic mass is 16.5. The third-order valence-electron chi connectivity index (χ3n) is 8.24. The predicted molar refractivity (Wildman–Crippen MR) is 161 cm³/mol. The average Bonchev–Trinajstić information content (AvgIpc) is 3.54. The fourth-order valence-electron chi connectivity index (χ4n) is 6.26. The van der Waals surface area contributed by atoms with Crippen molar-refractivity contribution in [3.8, 4) is 17.2 Å². The van der Waals surface area contributed by atoms with Crippen molar-refractivity contribution >= 4 is 29.5 Å². The maximum absolute atomic E-state index is 13.7. The van der Waals surface area contributed by atoms with E-state index in [1.807, 2.05) is 34.6 Å². The van der Waals surface area contributed by atoms with E-state index in [-0.39, 0.29) is 22.9 Å². The number of ether oxygens (including phenoxy) is 4. The van der Waals surface area contributed by atoms with Crippen LogP contribution in [0.4, 0.5) is 0 Å². The number of nitrogens with two attached hydrogens (primary N) is 1. The summed E-state index contributed by atoms with van der Waals surface area (Å²) in [5.74, 6) is -0.991. The maximum atomic E-state index is 13.7. The molecule has 3 atom stereocenters. The summed E-state index contributed by atoms with van der Waals surface area (Å²) in [6.07, 6.45) is 4.08. The molecule has 43 heavy (non-hydrogen) atoms. The number of ketones is 2. The Morgan fingerprint density at radius 2 is 1.70 bits per heavy atom. The molecule has 1 amide bonds. The van der Waals surface area contributed by atoms with Crippen LogP contribution in [0.25, 0.3) is 6.08 Å². The second-order valence-electron chi connectivity index (χ2n) is 10.2. The van der Waals surface area contributed by atoms with Crippen LogP contribution in [-0.2, 0) is 30.3 Å². The van der Waals surface area contributed by atoms with E-state index in [0.717, 1.165) is 5.56 Å². The number of esters is 1. The van der Waals surface area contributed by atoms with E-state index in [4.69, 9.17) is 24.7 Å². The van der Waals surface area contributed by atoms with Crippen molar-refractivity contribution in [2.24, 2.45) is 17.1 Å². The number of likely N-dealkylation sites (tertiary alicyclic amines) is 1. The molecule has 2 aliphatic heterocycles. The molecule has 5 rings (SSSR count). The maximum Gasteiger partial charge on any atom is 0.339 e. The van der Waals surface area contributed by atoms with Crippen molar-refractivity contribution in [2.75, 3.05) is 35.0 Å². The van der Waals surface area contributed by atoms with Crippen molar-refractivity contribution in [3.05, 3.63) is 45.9 Å². The van der Waals surface area contributed by atoms with E-state index in [2.05, 4.69) is 5.32 Å². The number of carbonyl (C=O) groups excluding carboxylic acids is 4. The van der Waals surface area contributed by atoms with Gasteiger partial charge in [-0.1, -0.05) is 34.6 Å². The number of benzene rings is 1. The highest BCUT2D eigenvalue weighted by Crippen LogP contribution is 2.70. The Morgan fingerprint density at radius 3 is 2.23 bits per heavy atom. The van der Waals surface area contributed by atoms with Gasteiger partial charge in [-0.3, -0.25) is 14.4 Å². The van der Waals surface area contributed by atoms with E-state index < -0.39 is 34.4 Å². The van der Waals surface area contributed by atoms with Gasteiger partial charge in [-0.05, 0) is 43.4 Å². The van der Waals surface area contributed by atoms with Crippen LogP contribution in [0.1, 0.15) is 59.1 Å². The number of carbonyl (C=O) groups is 4. The van der Waals surface area contributed by atoms with Gasteiger partial charge >= 0.3 is 5.97 Å². The molecule has 2 aliphatic carbocycles. The number of nitrogens with one attached hydrogen (secondary N) is 1. The van der Waals surface area contributed by atoms with E-state index >= 15 is 0 Å². The van der Waals surface area contributed by atoms with Crippen molar-refractivity contribution in [2.45, 2.75) is 59.9 Å². The molecule has 0 bridgehead atoms. The fraction of sp³-hybridized carbons (Fsp3) is 0.500. The molecule has 4 aliphatic rings. The average molecular weight is 598 g/mol. The minimum Gasteiger partial charge on any atom is -0.493 e. The van der Waals surface area contributed by atoms with Gasteiger partial charge in [-0.25, -0.2) is 4.79 Å². The number of hydrogen-bond acceptors (Lipinski definition) is 10. The Morgan fingerprint density at radius 1 is 1.07 bits per heavy atom. The first-order valence-electron chi connectivity index (χ1n) is 14.6. The molecule has 2 heterocycles. The third-order valence-corrected chi connectivity index (χ3v) is 8.24. The summed E-state index contributed by atoms with van der Waals surface area (Å²) in [5, 5.41) is 2.82. The molecular weight excluding hydrogens is 554 g/mol. The molecule has 1 aromatic carbocycles. The minimum absolute atomic E-state index is 0.0566. The normalized spacial score (nSPS) is 24.6. The lowest BCUT2D eigenvalue weighted by Crippen LogP contribution is -2.52. The summed E-state index contributed by atoms with van der Waals surface area (Å²) < 4.78 is 21.3. The van der Waals surface area contributed by atoms with Crippen LogP contribution in [0.5, 0.6) is 17.2 Å². The Labute approximate surface area is 253 Å². The molecule has 2 fully saturated rings. The van der Waals surface area contributed by atoms with Gasteiger partial charge in [-0.15, -0.1) is 0 Å². The number of Topliss-reactive ketones (excluding diaryl/α,β-unsaturated/α-hetero) is 1. The van der Waals surface area contributed by atoms with Crippen LogP contribution < -0.4 is 25.3 Å². The minimum atomic E-state index is -1.69. The summed E-state index contributed by atoms with van der Waals surface area (Å²) in [4.78, 5) is 54.2. The largest absolute Gasteiger partial charge is 0.493 e. The first kappa shape index (κ1) is 33.2. The molecule has 1 aromatic rings. The van der Waals surface area contributed by atoms with Crippen LogP contribution in [0.2, 0.25) is 0 Å². The highest BCUT2D eigenvalue weighted by molar-refractivity contribution is 6.26. The molecule has 11 nitrogen and oxygen atoms in total. The van der Waals surface area contributed by atoms with Crippen LogP contribution >= 0.6 is 0 Å². The summed E-state index contributed by atoms with van der Waals surface area (Å²) >= 11 is 0. The monoisotopic (exact) mass is 597 g/mol. The summed E-state index contributed by atoms with van der Waals surface area (Å²) in [6, 6.07) is 1.72. The van der Waals surface area contributed by atoms with Gasteiger partial charge in [0, 0.05) is 34.9 Å². The zero-order chi connectivity index (χ0) is 32.4. The zero-order valence-electron chi connectivity index (χ0n) is 26.7. The van der Waals surface area contributed by atoms with Gasteiger partial charge in [0.15, 0.2) is 22.8 Å². The molecule has 3 unspecified atom stereocenters. The van der Waals surface area contributed by atoms with Crippen molar-refractivity contribution < 1.29 is 38.1 Å². The standard InChI is InChI=1S/C28H31N3O8.2C2H6/c1-7-15-13(9-18(36-3)23(38-5)22(15)37-4)8-16(29)25(34)31-12-14-11-28(14)19(31)10-17(32)21-20(28)24(33)27(2,30-21)26(35)39-6;2*1-2/h8-10,14,30H,7,11-12,29H2,1-6H3;2*1-2H3/b16-8-;;. The van der Waals surface area contributed by atoms with Gasteiger partial charge in [-0.2, -0.15) is 0 Å². The van der Waals surface area contributed by atoms with Gasteiger partial charge in [0.1, 0.15) is 0 Å². The lowest BCUT2D eigenvalue weighted by atomic mass is 9.80. The summed E-state index contributed by atoms with van der Waals surface area (Å²) in [6.45, 7) is 11.6. The number of nitrogens with zero attached hydrogens (tertiary/aromatic N) is 1. The van der Waals surface area contributed by atoms with Gasteiger partial charge in [0.05, 0.1) is 39.8 Å². The molecular formula is C32H43N3O8. The number of allylic oxidation sites excluding steroid dienone is 2. The van der Waals surface area contributed by atoms with Gasteiger partial charge in [0.25, 0.3) is 5.91 Å². The summed E-state index contributed by atoms with van der Waals surface area (Å²) in [5.41, 5.74) is 5.97. The number of hydrogen-bond donors (Lipinski definition) is 2. The molecule has 1 saturated carbocycles. The quantitative estimate of drug-likeness (QED) is 0.273. The number of rotatable bonds is 7. The first-order valence-corrected chi connectivity index (χ1v) is 14.6. The van der Waals surface area contributed by atoms with Gasteiger partial charge in [0.2, 0.25) is 11.5 Å². The van der Waals surface area contributed by atoms with Crippen molar-refractivity contribution in [1.29, 1.82) is 0 Å². The number of amides is 1. The molecule has 0 aromatic heterocycles. The van der Waals surface area contributed by atoms with Crippen LogP contribution in [0.3, 0.4) is 0 Å². The number of piperidine rings is 1. The molecule has 3 N–H and O–H groups in total. The van der Waals surface area contributed by atoms with Crippen LogP contribution in [-0.4, -0.2) is 68.9 Å². The third kappa shape index (κ3) is 4.84. The first-order chi connectivity index (χ1) is 20.5. The highest BCUT2D eigenvalue weighted by Gasteiger charge is 2.73. The smallest absolute Gasteiger partial charge is 0.339 e. The van der Waals surface area contributed by atoms with Crippen molar-refractivity contribution in [3.63, 3.8) is 0 Å². The van der Waals surface area contributed by atoms with Gasteiger partial charge < -0.3 is 34.9 Å². The molecule has 1 saturated heterocycles. The van der Waals surface area contributed by atoms with Crippen LogP contribution in [0, 0.1) is 11.3 Å². The zero-order valence-corrected chi connectivity index (χ0v) is 26.7. The number of methoxy groups -OCH3 is 4. The molecule has 1 spiro atoms. The SMILES string of the molecule is CC.CC.CCc1c(/C=C(\N)C(=O)N2CC3CC34C2=CC(=O)C2=C4C(=O)C(C)(C(=O)OC)N2)cc(OC)c(OC)c1OC. The van der Waals surface area contributed by atoms with E-state index in [1.54, 1.807) is 12.1 Å². The Balaban J connectivity index is 0.00000121. The Kier molecular flexibility index (Phi) is 9.68. The van der Waals surface area contributed by atoms with Crippen molar-refractivity contribution in [1.82, 2.24) is 10.2 Å². The van der Waals surface area contributed by atoms with E-state index in [1.165, 1.54) is 46.3 Å². The lowest BCUT2D eigenvalue weighted by molar-refractivity contribution is -0.150. The van der Waals surface area contributed by atoms with E-state index in [0.29, 0.717) is 47.9 Å². The van der Waals surface area contributed by atoms with Crippen LogP contribution in [0.15, 0.2) is 34.8 Å². The summed E-state index contributed by atoms with van der Waals surface area (Å²) in [7, 11) is 5.72. The Bertz CT molecular complexity index is 1440. The topological polar surface area (TPSA) is 146 Å². The molecule has 11 heteroatoms. The predicted octanol–water partition coefficient (Wildman–Crippen LogP) is 3.30. The fourth-order valence-corrected chi connectivity index (χ4v) is 6.26. The Hall–Kier alpha value is -4.28. The molecule has 234 valence electrons. The second kappa shape index (κ2) is 12.5. The lowest BCUT2D eigenvalue weighted by Gasteiger charge is -2.28. The van der Waals surface area contributed by atoms with E-state index in [9.17, 15) is 19.2 Å². The molecule has 0 radical (unpaired) electrons.